The van der Waals surface area contributed by atoms with E-state index in [9.17, 15) is 5.11 Å². The molecule has 0 heterocycles. The third-order valence-corrected chi connectivity index (χ3v) is 1.70. The molecule has 103 valence electrons. The van der Waals surface area contributed by atoms with Crippen LogP contribution < -0.4 is 0 Å². The lowest BCUT2D eigenvalue weighted by atomic mass is 10.3. The monoisotopic (exact) mass is 255 g/mol. The number of aliphatic hydroxyl groups excluding tert-OH is 6. The van der Waals surface area contributed by atoms with Crippen LogP contribution in [0.3, 0.4) is 0 Å². The first-order chi connectivity index (χ1) is 8.04. The van der Waals surface area contributed by atoms with Gasteiger partial charge in [-0.25, -0.2) is 0 Å². The minimum Gasteiger partial charge on any atom is -0.394 e. The van der Waals surface area contributed by atoms with E-state index in [1.165, 1.54) is 0 Å². The van der Waals surface area contributed by atoms with Gasteiger partial charge in [0, 0.05) is 0 Å². The van der Waals surface area contributed by atoms with E-state index in [-0.39, 0.29) is 13.2 Å². The number of rotatable bonds is 10. The van der Waals surface area contributed by atoms with Crippen LogP contribution in [0.2, 0.25) is 0 Å². The molecule has 6 N–H and O–H groups in total. The molecule has 17 heavy (non-hydrogen) atoms. The van der Waals surface area contributed by atoms with Crippen molar-refractivity contribution in [1.82, 2.24) is 0 Å². The number of ether oxygens (including phenoxy) is 2. The van der Waals surface area contributed by atoms with Crippen molar-refractivity contribution in [3.63, 3.8) is 0 Å². The van der Waals surface area contributed by atoms with Crippen LogP contribution in [0, 0.1) is 6.29 Å². The Bertz CT molecular complexity index is 164. The van der Waals surface area contributed by atoms with Crippen LogP contribution in [0.15, 0.2) is 0 Å². The lowest BCUT2D eigenvalue weighted by Gasteiger charge is -2.22. The molecular weight excluding hydrogens is 236 g/mol. The van der Waals surface area contributed by atoms with E-state index in [2.05, 4.69) is 0 Å². The minimum absolute atomic E-state index is 0.335. The lowest BCUT2D eigenvalue weighted by molar-refractivity contribution is -0.145. The first-order valence-electron chi connectivity index (χ1n) is 5.04. The maximum Gasteiger partial charge on any atom is 0.256 e. The van der Waals surface area contributed by atoms with Crippen LogP contribution in [0.25, 0.3) is 0 Å². The smallest absolute Gasteiger partial charge is 0.256 e. The summed E-state index contributed by atoms with van der Waals surface area (Å²) in [5.41, 5.74) is 0. The third-order valence-electron chi connectivity index (χ3n) is 1.70. The quantitative estimate of drug-likeness (QED) is 0.237. The Morgan fingerprint density at radius 1 is 0.765 bits per heavy atom. The van der Waals surface area contributed by atoms with Crippen molar-refractivity contribution in [2.24, 2.45) is 0 Å². The summed E-state index contributed by atoms with van der Waals surface area (Å²) in [5.74, 6) is 0. The Morgan fingerprint density at radius 2 is 1.18 bits per heavy atom. The largest absolute Gasteiger partial charge is 0.394 e. The molecule has 0 aliphatic rings. The Labute approximate surface area is 98.7 Å². The molecule has 0 aliphatic heterocycles. The van der Waals surface area contributed by atoms with Gasteiger partial charge in [0.2, 0.25) is 0 Å². The summed E-state index contributed by atoms with van der Waals surface area (Å²) in [5, 5.41) is 53.0. The standard InChI is InChI=1S/C9H19O8/c10-1-6(13)4-16-9(8(15)3-12)17-5-7(14)2-11/h6-8,10-15H,1-5H2. The van der Waals surface area contributed by atoms with Crippen molar-refractivity contribution in [2.45, 2.75) is 18.3 Å². The molecule has 0 aliphatic carbocycles. The highest BCUT2D eigenvalue weighted by Crippen LogP contribution is 2.12. The molecule has 0 aromatic heterocycles. The van der Waals surface area contributed by atoms with Gasteiger partial charge in [-0.15, -0.1) is 0 Å². The van der Waals surface area contributed by atoms with E-state index >= 15 is 0 Å². The van der Waals surface area contributed by atoms with Crippen molar-refractivity contribution in [2.75, 3.05) is 33.0 Å². The molecule has 3 atom stereocenters. The van der Waals surface area contributed by atoms with Gasteiger partial charge in [-0.2, -0.15) is 0 Å². The summed E-state index contributed by atoms with van der Waals surface area (Å²) in [6, 6.07) is 0. The van der Waals surface area contributed by atoms with Gasteiger partial charge in [0.25, 0.3) is 6.29 Å². The lowest BCUT2D eigenvalue weighted by Crippen LogP contribution is -2.33. The molecule has 0 aromatic rings. The molecule has 0 aromatic carbocycles. The second-order valence-electron chi connectivity index (χ2n) is 3.31. The Kier molecular flexibility index (Phi) is 9.50. The third kappa shape index (κ3) is 7.58. The molecule has 3 unspecified atom stereocenters. The molecule has 8 heteroatoms. The van der Waals surface area contributed by atoms with E-state index in [1.807, 2.05) is 0 Å². The SMILES string of the molecule is OCC(O)CO[C](OCC(O)CO)C(O)CO. The fourth-order valence-corrected chi connectivity index (χ4v) is 0.771. The van der Waals surface area contributed by atoms with Gasteiger partial charge in [0.1, 0.15) is 18.3 Å². The fourth-order valence-electron chi connectivity index (χ4n) is 0.771. The van der Waals surface area contributed by atoms with Gasteiger partial charge in [-0.1, -0.05) is 0 Å². The first kappa shape index (κ1) is 16.7. The fraction of sp³-hybridized carbons (Fsp3) is 0.889. The Hall–Kier alpha value is -0.320. The maximum absolute atomic E-state index is 9.26. The van der Waals surface area contributed by atoms with E-state index in [1.54, 1.807) is 0 Å². The Balaban J connectivity index is 4.05. The molecule has 0 bridgehead atoms. The molecule has 0 fully saturated rings. The minimum atomic E-state index is -1.44. The van der Waals surface area contributed by atoms with E-state index in [4.69, 9.17) is 35.0 Å². The normalized spacial score (nSPS) is 17.1. The average molecular weight is 255 g/mol. The van der Waals surface area contributed by atoms with Gasteiger partial charge >= 0.3 is 0 Å². The van der Waals surface area contributed by atoms with E-state index < -0.39 is 44.4 Å². The van der Waals surface area contributed by atoms with Crippen LogP contribution in [-0.2, 0) is 9.47 Å². The zero-order valence-electron chi connectivity index (χ0n) is 9.27. The average Bonchev–Trinajstić information content (AvgIpc) is 2.36. The molecule has 8 nitrogen and oxygen atoms in total. The zero-order valence-corrected chi connectivity index (χ0v) is 9.27. The van der Waals surface area contributed by atoms with Gasteiger partial charge in [0.15, 0.2) is 0 Å². The summed E-state index contributed by atoms with van der Waals surface area (Å²) < 4.78 is 9.65. The molecule has 0 spiro atoms. The highest BCUT2D eigenvalue weighted by atomic mass is 16.7. The van der Waals surface area contributed by atoms with E-state index in [0.29, 0.717) is 0 Å². The van der Waals surface area contributed by atoms with Gasteiger partial charge in [-0.05, 0) is 0 Å². The van der Waals surface area contributed by atoms with Gasteiger partial charge < -0.3 is 40.1 Å². The predicted octanol–water partition coefficient (Wildman–Crippen LogP) is -3.43. The van der Waals surface area contributed by atoms with Crippen LogP contribution in [-0.4, -0.2) is 82.0 Å². The van der Waals surface area contributed by atoms with Crippen LogP contribution in [0.1, 0.15) is 0 Å². The molecule has 0 rings (SSSR count). The van der Waals surface area contributed by atoms with Gasteiger partial charge in [0.05, 0.1) is 33.0 Å². The van der Waals surface area contributed by atoms with Crippen LogP contribution in [0.4, 0.5) is 0 Å². The second kappa shape index (κ2) is 9.68. The summed E-state index contributed by atoms with van der Waals surface area (Å²) in [6.07, 6.45) is -4.14. The number of hydrogen-bond acceptors (Lipinski definition) is 8. The van der Waals surface area contributed by atoms with Crippen molar-refractivity contribution in [3.8, 4) is 0 Å². The summed E-state index contributed by atoms with van der Waals surface area (Å²) in [4.78, 5) is 0. The van der Waals surface area contributed by atoms with E-state index in [0.717, 1.165) is 0 Å². The van der Waals surface area contributed by atoms with Crippen LogP contribution >= 0.6 is 0 Å². The highest BCUT2D eigenvalue weighted by Gasteiger charge is 2.24. The highest BCUT2D eigenvalue weighted by molar-refractivity contribution is 4.77. The molecular formula is C9H19O8. The Morgan fingerprint density at radius 3 is 1.47 bits per heavy atom. The predicted molar refractivity (Wildman–Crippen MR) is 54.4 cm³/mol. The first-order valence-corrected chi connectivity index (χ1v) is 5.04. The van der Waals surface area contributed by atoms with Crippen molar-refractivity contribution < 1.29 is 40.1 Å². The topological polar surface area (TPSA) is 140 Å². The van der Waals surface area contributed by atoms with Crippen molar-refractivity contribution in [3.05, 3.63) is 6.29 Å². The summed E-state index contributed by atoms with van der Waals surface area (Å²) in [6.45, 7) is -2.39. The maximum atomic E-state index is 9.26. The van der Waals surface area contributed by atoms with Gasteiger partial charge in [-0.3, -0.25) is 0 Å². The molecule has 0 amide bonds. The second-order valence-corrected chi connectivity index (χ2v) is 3.31. The molecule has 0 saturated heterocycles. The number of aliphatic hydroxyl groups is 6. The summed E-state index contributed by atoms with van der Waals surface area (Å²) >= 11 is 0. The van der Waals surface area contributed by atoms with Crippen molar-refractivity contribution in [1.29, 1.82) is 0 Å². The zero-order chi connectivity index (χ0) is 13.3. The molecule has 0 saturated carbocycles. The van der Waals surface area contributed by atoms with Crippen molar-refractivity contribution >= 4 is 0 Å². The molecule has 1 radical (unpaired) electrons. The summed E-state index contributed by atoms with van der Waals surface area (Å²) in [7, 11) is 0. The van der Waals surface area contributed by atoms with Crippen LogP contribution in [0.5, 0.6) is 0 Å². The number of hydrogen-bond donors (Lipinski definition) is 6.